The molecule has 1 fully saturated rings. The van der Waals surface area contributed by atoms with E-state index < -0.39 is 31.6 Å². The Labute approximate surface area is 151 Å². The summed E-state index contributed by atoms with van der Waals surface area (Å²) < 4.78 is 85.8. The summed E-state index contributed by atoms with van der Waals surface area (Å²) in [6.45, 7) is 0. The predicted octanol–water partition coefficient (Wildman–Crippen LogP) is 1.34. The molecule has 1 aliphatic heterocycles. The zero-order valence-electron chi connectivity index (χ0n) is 13.2. The van der Waals surface area contributed by atoms with E-state index in [1.165, 1.54) is 12.1 Å². The van der Waals surface area contributed by atoms with E-state index in [0.717, 1.165) is 36.5 Å². The summed E-state index contributed by atoms with van der Waals surface area (Å²) in [5, 5.41) is 0. The van der Waals surface area contributed by atoms with Crippen LogP contribution >= 0.6 is 0 Å². The second-order valence-corrected chi connectivity index (χ2v) is 10.9. The van der Waals surface area contributed by atoms with Gasteiger partial charge >= 0.3 is 25.8 Å². The third-order valence-electron chi connectivity index (χ3n) is 3.35. The van der Waals surface area contributed by atoms with Crippen molar-refractivity contribution < 1.29 is 39.0 Å². The van der Waals surface area contributed by atoms with E-state index in [-0.39, 0.29) is 16.7 Å². The van der Waals surface area contributed by atoms with E-state index in [2.05, 4.69) is 4.18 Å². The second-order valence-electron chi connectivity index (χ2n) is 5.39. The van der Waals surface area contributed by atoms with Gasteiger partial charge in [0.1, 0.15) is 17.3 Å². The molecule has 7 nitrogen and oxygen atoms in total. The van der Waals surface area contributed by atoms with Gasteiger partial charge in [-0.1, -0.05) is 4.13 Å². The Morgan fingerprint density at radius 3 is 2.12 bits per heavy atom. The van der Waals surface area contributed by atoms with Gasteiger partial charge in [-0.15, -0.1) is 0 Å². The first kappa shape index (κ1) is 21.0. The zero-order chi connectivity index (χ0) is 19.6. The second kappa shape index (κ2) is 7.74. The summed E-state index contributed by atoms with van der Waals surface area (Å²) in [5.74, 6) is 1.84. The van der Waals surface area contributed by atoms with Crippen LogP contribution < -0.4 is 8.31 Å². The molecule has 1 saturated heterocycles. The van der Waals surface area contributed by atoms with Crippen molar-refractivity contribution in [3.63, 3.8) is 0 Å². The summed E-state index contributed by atoms with van der Waals surface area (Å²) in [5.41, 5.74) is -5.49. The van der Waals surface area contributed by atoms with Gasteiger partial charge in [-0.25, -0.2) is 8.42 Å². The normalized spacial score (nSPS) is 16.6. The fraction of sp³-hybridized carbons (Fsp3) is 0.462. The van der Waals surface area contributed by atoms with Gasteiger partial charge in [0.15, 0.2) is 5.75 Å². The maximum absolute atomic E-state index is 12.2. The van der Waals surface area contributed by atoms with Crippen LogP contribution in [0.25, 0.3) is 0 Å². The highest BCUT2D eigenvalue weighted by Crippen LogP contribution is 2.23. The Bertz CT molecular complexity index is 859. The number of carbonyl (C=O) groups excluding carboxylic acids is 1. The fourth-order valence-electron chi connectivity index (χ4n) is 2.15. The first-order valence-corrected chi connectivity index (χ1v) is 11.8. The minimum atomic E-state index is -6.13. The highest BCUT2D eigenvalue weighted by Gasteiger charge is 2.48. The van der Waals surface area contributed by atoms with Crippen LogP contribution in [-0.4, -0.2) is 45.4 Å². The molecule has 0 saturated carbocycles. The third-order valence-corrected chi connectivity index (χ3v) is 8.47. The van der Waals surface area contributed by atoms with Gasteiger partial charge in [0.2, 0.25) is 5.78 Å². The van der Waals surface area contributed by atoms with Crippen LogP contribution in [0.4, 0.5) is 13.2 Å². The van der Waals surface area contributed by atoms with E-state index in [0.29, 0.717) is 15.4 Å². The minimum Gasteiger partial charge on any atom is -0.370 e. The molecule has 0 aromatic heterocycles. The number of carbonyl (C=O) groups is 1. The molecule has 1 heterocycles. The number of sulfonamides is 1. The van der Waals surface area contributed by atoms with Crippen molar-refractivity contribution in [1.29, 1.82) is 0 Å². The number of halogens is 3. The number of hydrogen-bond donors (Lipinski definition) is 1. The maximum Gasteiger partial charge on any atom is 0.512 e. The Morgan fingerprint density at radius 1 is 1.08 bits per heavy atom. The Balaban J connectivity index is 2.03. The molecule has 0 aliphatic carbocycles. The van der Waals surface area contributed by atoms with Crippen molar-refractivity contribution in [1.82, 2.24) is 4.13 Å². The van der Waals surface area contributed by atoms with Crippen LogP contribution in [0.5, 0.6) is 5.75 Å². The van der Waals surface area contributed by atoms with Crippen molar-refractivity contribution in [2.24, 2.45) is 0 Å². The largest absolute Gasteiger partial charge is 0.512 e. The first-order valence-electron chi connectivity index (χ1n) is 7.21. The van der Waals surface area contributed by atoms with Gasteiger partial charge < -0.3 is 4.18 Å². The van der Waals surface area contributed by atoms with Crippen LogP contribution in [0.1, 0.15) is 23.2 Å². The Hall–Kier alpha value is -1.31. The van der Waals surface area contributed by atoms with Crippen molar-refractivity contribution >= 4 is 37.0 Å². The number of benzene rings is 1. The number of rotatable bonds is 7. The van der Waals surface area contributed by atoms with E-state index in [1.807, 2.05) is 0 Å². The van der Waals surface area contributed by atoms with Crippen molar-refractivity contribution in [3.05, 3.63) is 29.8 Å². The molecule has 0 spiro atoms. The summed E-state index contributed by atoms with van der Waals surface area (Å²) >= 11 is 0. The smallest absolute Gasteiger partial charge is 0.370 e. The highest BCUT2D eigenvalue weighted by molar-refractivity contribution is 8.03. The van der Waals surface area contributed by atoms with Crippen LogP contribution in [-0.2, 0) is 31.2 Å². The predicted molar refractivity (Wildman–Crippen MR) is 89.6 cm³/mol. The van der Waals surface area contributed by atoms with Gasteiger partial charge in [-0.2, -0.15) is 21.6 Å². The van der Waals surface area contributed by atoms with Gasteiger partial charge in [-0.3, -0.25) is 4.79 Å². The van der Waals surface area contributed by atoms with Gasteiger partial charge in [0.25, 0.3) is 0 Å². The molecule has 13 heteroatoms. The summed E-state index contributed by atoms with van der Waals surface area (Å²) in [6, 6.07) is 4.66. The third kappa shape index (κ3) is 5.59. The molecule has 146 valence electrons. The molecule has 1 aliphatic rings. The molecule has 0 unspecified atom stereocenters. The Kier molecular flexibility index (Phi) is 6.25. The van der Waals surface area contributed by atoms with Gasteiger partial charge in [-0.05, 0) is 48.0 Å². The minimum absolute atomic E-state index is 0.0410. The topological polar surface area (TPSA) is 107 Å². The van der Waals surface area contributed by atoms with E-state index in [9.17, 15) is 34.8 Å². The molecular formula is C13H15F3NO6S3+. The lowest BCUT2D eigenvalue weighted by atomic mass is 10.1. The van der Waals surface area contributed by atoms with Crippen LogP contribution in [0.3, 0.4) is 0 Å². The molecule has 0 radical (unpaired) electrons. The summed E-state index contributed by atoms with van der Waals surface area (Å²) in [7, 11) is -11.4. The van der Waals surface area contributed by atoms with E-state index in [1.54, 1.807) is 0 Å². The monoisotopic (exact) mass is 434 g/mol. The lowest BCUT2D eigenvalue weighted by Crippen LogP contribution is -2.42. The molecule has 2 rings (SSSR count). The molecular weight excluding hydrogens is 419 g/mol. The summed E-state index contributed by atoms with van der Waals surface area (Å²) in [4.78, 5) is 12.1. The van der Waals surface area contributed by atoms with E-state index in [4.69, 9.17) is 0 Å². The zero-order valence-corrected chi connectivity index (χ0v) is 15.6. The molecule has 0 amide bonds. The van der Waals surface area contributed by atoms with Crippen molar-refractivity contribution in [2.45, 2.75) is 18.3 Å². The van der Waals surface area contributed by atoms with Gasteiger partial charge in [0, 0.05) is 5.56 Å². The molecule has 1 aromatic rings. The van der Waals surface area contributed by atoms with Gasteiger partial charge in [0.05, 0.1) is 0 Å². The first-order chi connectivity index (χ1) is 11.9. The van der Waals surface area contributed by atoms with Crippen LogP contribution in [0, 0.1) is 0 Å². The lowest BCUT2D eigenvalue weighted by molar-refractivity contribution is -0.0442. The summed E-state index contributed by atoms with van der Waals surface area (Å²) in [6.07, 6.45) is 2.18. The van der Waals surface area contributed by atoms with Crippen molar-refractivity contribution in [3.8, 4) is 5.75 Å². The number of Topliss-reactive ketones (excluding diaryl/α,β-unsaturated/α-hetero) is 1. The maximum atomic E-state index is 12.2. The van der Waals surface area contributed by atoms with Crippen molar-refractivity contribution in [2.75, 3.05) is 17.3 Å². The Morgan fingerprint density at radius 2 is 1.62 bits per heavy atom. The highest BCUT2D eigenvalue weighted by atomic mass is 32.3. The lowest BCUT2D eigenvalue weighted by Gasteiger charge is -2.11. The number of hydrogen-bond acceptors (Lipinski definition) is 6. The van der Waals surface area contributed by atoms with Crippen LogP contribution in [0.2, 0.25) is 0 Å². The average Bonchev–Trinajstić information content (AvgIpc) is 2.98. The number of ketones is 1. The van der Waals surface area contributed by atoms with Crippen LogP contribution in [0.15, 0.2) is 24.3 Å². The quantitative estimate of drug-likeness (QED) is 0.513. The molecule has 0 bridgehead atoms. The molecule has 26 heavy (non-hydrogen) atoms. The fourth-order valence-corrected chi connectivity index (χ4v) is 6.36. The van der Waals surface area contributed by atoms with E-state index >= 15 is 0 Å². The molecule has 0 atom stereocenters. The number of alkyl halides is 3. The average molecular weight is 434 g/mol. The molecule has 1 N–H and O–H groups in total. The molecule has 1 aromatic carbocycles. The SMILES string of the molecule is O=C(C[S+]1CCCC1)c1ccc(OS(=O)(=O)NS(=O)(=O)C(F)(F)F)cc1. The number of nitrogens with one attached hydrogen (secondary N) is 1. The standard InChI is InChI=1S/C13H15F3NO6S3/c14-13(15,16)25(19,20)17-26(21,22)23-11-5-3-10(4-6-11)12(18)9-24-7-1-2-8-24/h3-6,17H,1-2,7-9H2/q+1.